The molecular weight excluding hydrogens is 275 g/mol. The second-order valence-electron chi connectivity index (χ2n) is 3.88. The van der Waals surface area contributed by atoms with Crippen LogP contribution in [0.5, 0.6) is 0 Å². The van der Waals surface area contributed by atoms with Crippen molar-refractivity contribution in [1.29, 1.82) is 0 Å². The highest BCUT2D eigenvalue weighted by molar-refractivity contribution is 5.91. The lowest BCUT2D eigenvalue weighted by molar-refractivity contribution is -0.142. The van der Waals surface area contributed by atoms with Crippen LogP contribution in [0, 0.1) is 0 Å². The Balaban J connectivity index is 2.27. The predicted octanol–water partition coefficient (Wildman–Crippen LogP) is 1.82. The Labute approximate surface area is 111 Å². The Morgan fingerprint density at radius 2 is 1.90 bits per heavy atom. The molecule has 106 valence electrons. The van der Waals surface area contributed by atoms with Crippen LogP contribution >= 0.6 is 0 Å². The van der Waals surface area contributed by atoms with Crippen molar-refractivity contribution in [2.75, 3.05) is 11.9 Å². The van der Waals surface area contributed by atoms with Crippen molar-refractivity contribution in [2.45, 2.75) is 6.18 Å². The number of alkyl halides is 3. The number of hydrogen-bond acceptors (Lipinski definition) is 3. The molecule has 5 nitrogen and oxygen atoms in total. The maximum Gasteiger partial charge on any atom is 0.433 e. The van der Waals surface area contributed by atoms with E-state index in [4.69, 9.17) is 5.11 Å². The normalized spacial score (nSPS) is 11.4. The number of anilines is 1. The van der Waals surface area contributed by atoms with Gasteiger partial charge in [0.15, 0.2) is 0 Å². The molecule has 0 aliphatic rings. The number of halogens is 3. The van der Waals surface area contributed by atoms with Crippen molar-refractivity contribution in [3.63, 3.8) is 0 Å². The Morgan fingerprint density at radius 3 is 2.45 bits per heavy atom. The second-order valence-corrected chi connectivity index (χ2v) is 3.88. The molecule has 0 radical (unpaired) electrons. The van der Waals surface area contributed by atoms with Gasteiger partial charge in [0, 0.05) is 5.69 Å². The van der Waals surface area contributed by atoms with Crippen molar-refractivity contribution < 1.29 is 23.1 Å². The molecule has 1 aromatic carbocycles. The fourth-order valence-electron chi connectivity index (χ4n) is 1.61. The van der Waals surface area contributed by atoms with E-state index in [-0.39, 0.29) is 5.69 Å². The molecule has 0 saturated carbocycles. The minimum absolute atomic E-state index is 0.212. The smallest absolute Gasteiger partial charge is 0.387 e. The predicted molar refractivity (Wildman–Crippen MR) is 64.3 cm³/mol. The number of benzene rings is 1. The molecule has 0 aliphatic heterocycles. The molecule has 0 fully saturated rings. The summed E-state index contributed by atoms with van der Waals surface area (Å²) in [5.74, 6) is -0.604. The number of aliphatic hydroxyl groups is 1. The van der Waals surface area contributed by atoms with Crippen LogP contribution in [0.15, 0.2) is 36.5 Å². The molecule has 0 unspecified atom stereocenters. The van der Waals surface area contributed by atoms with Gasteiger partial charge in [-0.05, 0) is 30.3 Å². The summed E-state index contributed by atoms with van der Waals surface area (Å²) in [6.07, 6.45) is -3.44. The van der Waals surface area contributed by atoms with Crippen LogP contribution in [0.2, 0.25) is 0 Å². The number of rotatable bonds is 3. The van der Waals surface area contributed by atoms with Gasteiger partial charge in [0.1, 0.15) is 12.3 Å². The van der Waals surface area contributed by atoms with Gasteiger partial charge in [-0.2, -0.15) is 18.3 Å². The first-order valence-electron chi connectivity index (χ1n) is 5.54. The van der Waals surface area contributed by atoms with Gasteiger partial charge in [-0.25, -0.2) is 4.68 Å². The summed E-state index contributed by atoms with van der Waals surface area (Å²) in [7, 11) is 0. The van der Waals surface area contributed by atoms with E-state index in [1.165, 1.54) is 24.3 Å². The molecule has 0 atom stereocenters. The zero-order chi connectivity index (χ0) is 14.8. The van der Waals surface area contributed by atoms with Crippen molar-refractivity contribution in [3.8, 4) is 5.69 Å². The molecule has 1 aromatic heterocycles. The highest BCUT2D eigenvalue weighted by Gasteiger charge is 2.35. The minimum atomic E-state index is -4.50. The maximum absolute atomic E-state index is 12.7. The van der Waals surface area contributed by atoms with E-state index in [9.17, 15) is 18.0 Å². The van der Waals surface area contributed by atoms with Gasteiger partial charge in [-0.15, -0.1) is 0 Å². The number of aliphatic hydroxyl groups excluding tert-OH is 1. The topological polar surface area (TPSA) is 67.2 Å². The fourth-order valence-corrected chi connectivity index (χ4v) is 1.61. The first-order valence-corrected chi connectivity index (χ1v) is 5.54. The average Bonchev–Trinajstić information content (AvgIpc) is 2.88. The third-order valence-electron chi connectivity index (χ3n) is 2.47. The number of carbonyl (C=O) groups is 1. The van der Waals surface area contributed by atoms with Crippen LogP contribution in [0.3, 0.4) is 0 Å². The summed E-state index contributed by atoms with van der Waals surface area (Å²) in [5, 5.41) is 14.6. The van der Waals surface area contributed by atoms with Gasteiger partial charge < -0.3 is 10.4 Å². The van der Waals surface area contributed by atoms with E-state index in [1.807, 2.05) is 0 Å². The number of amides is 1. The molecule has 2 N–H and O–H groups in total. The Hall–Kier alpha value is -2.35. The van der Waals surface area contributed by atoms with Crippen molar-refractivity contribution in [2.24, 2.45) is 0 Å². The van der Waals surface area contributed by atoms with Gasteiger partial charge in [-0.1, -0.05) is 0 Å². The second kappa shape index (κ2) is 5.33. The molecule has 1 heterocycles. The van der Waals surface area contributed by atoms with Gasteiger partial charge in [0.05, 0.1) is 11.9 Å². The molecule has 0 saturated heterocycles. The summed E-state index contributed by atoms with van der Waals surface area (Å²) in [6, 6.07) is 6.49. The average molecular weight is 285 g/mol. The zero-order valence-corrected chi connectivity index (χ0v) is 10.1. The summed E-state index contributed by atoms with van der Waals surface area (Å²) in [6.45, 7) is -0.668. The number of carbonyl (C=O) groups excluding carboxylic acids is 1. The quantitative estimate of drug-likeness (QED) is 0.904. The van der Waals surface area contributed by atoms with Crippen LogP contribution in [0.25, 0.3) is 5.69 Å². The van der Waals surface area contributed by atoms with E-state index in [1.54, 1.807) is 0 Å². The van der Waals surface area contributed by atoms with E-state index in [2.05, 4.69) is 10.4 Å². The van der Waals surface area contributed by atoms with Crippen LogP contribution in [-0.4, -0.2) is 27.4 Å². The summed E-state index contributed by atoms with van der Waals surface area (Å²) >= 11 is 0. The summed E-state index contributed by atoms with van der Waals surface area (Å²) < 4.78 is 38.9. The maximum atomic E-state index is 12.7. The van der Waals surface area contributed by atoms with Crippen LogP contribution < -0.4 is 5.32 Å². The first kappa shape index (κ1) is 14.1. The first-order chi connectivity index (χ1) is 9.41. The van der Waals surface area contributed by atoms with Crippen LogP contribution in [0.4, 0.5) is 18.9 Å². The Kier molecular flexibility index (Phi) is 3.75. The van der Waals surface area contributed by atoms with Crippen LogP contribution in [0.1, 0.15) is 5.69 Å². The number of nitrogens with one attached hydrogen (secondary N) is 1. The van der Waals surface area contributed by atoms with Crippen molar-refractivity contribution >= 4 is 11.6 Å². The summed E-state index contributed by atoms with van der Waals surface area (Å²) in [4.78, 5) is 11.0. The fraction of sp³-hybridized carbons (Fsp3) is 0.167. The SMILES string of the molecule is O=C(CO)Nc1ccc(-n2nccc2C(F)(F)F)cc1. The molecule has 2 aromatic rings. The standard InChI is InChI=1S/C12H10F3N3O2/c13-12(14,15)10-5-6-16-18(10)9-3-1-8(2-4-9)17-11(20)7-19/h1-6,19H,7H2,(H,17,20). The third kappa shape index (κ3) is 2.97. The van der Waals surface area contributed by atoms with E-state index < -0.39 is 24.4 Å². The number of aromatic nitrogens is 2. The zero-order valence-electron chi connectivity index (χ0n) is 10.1. The molecule has 0 bridgehead atoms. The lowest BCUT2D eigenvalue weighted by Crippen LogP contribution is -2.15. The molecule has 8 heteroatoms. The van der Waals surface area contributed by atoms with Crippen molar-refractivity contribution in [1.82, 2.24) is 9.78 Å². The van der Waals surface area contributed by atoms with Gasteiger partial charge in [-0.3, -0.25) is 4.79 Å². The summed E-state index contributed by atoms with van der Waals surface area (Å²) in [5.41, 5.74) is -0.303. The van der Waals surface area contributed by atoms with E-state index >= 15 is 0 Å². The van der Waals surface area contributed by atoms with Crippen LogP contribution in [-0.2, 0) is 11.0 Å². The molecule has 2 rings (SSSR count). The molecule has 0 spiro atoms. The highest BCUT2D eigenvalue weighted by Crippen LogP contribution is 2.30. The highest BCUT2D eigenvalue weighted by atomic mass is 19.4. The van der Waals surface area contributed by atoms with Crippen molar-refractivity contribution in [3.05, 3.63) is 42.2 Å². The minimum Gasteiger partial charge on any atom is -0.387 e. The lowest BCUT2D eigenvalue weighted by atomic mass is 10.2. The largest absolute Gasteiger partial charge is 0.433 e. The lowest BCUT2D eigenvalue weighted by Gasteiger charge is -2.11. The van der Waals surface area contributed by atoms with Gasteiger partial charge in [0.25, 0.3) is 0 Å². The molecular formula is C12H10F3N3O2. The number of nitrogens with zero attached hydrogens (tertiary/aromatic N) is 2. The van der Waals surface area contributed by atoms with Gasteiger partial charge in [0.2, 0.25) is 5.91 Å². The molecule has 1 amide bonds. The Morgan fingerprint density at radius 1 is 1.25 bits per heavy atom. The number of hydrogen-bond donors (Lipinski definition) is 2. The molecule has 20 heavy (non-hydrogen) atoms. The monoisotopic (exact) mass is 285 g/mol. The Bertz CT molecular complexity index is 605. The third-order valence-corrected chi connectivity index (χ3v) is 2.47. The van der Waals surface area contributed by atoms with E-state index in [0.717, 1.165) is 16.9 Å². The van der Waals surface area contributed by atoms with Gasteiger partial charge >= 0.3 is 6.18 Å². The van der Waals surface area contributed by atoms with E-state index in [0.29, 0.717) is 5.69 Å². The molecule has 0 aliphatic carbocycles.